The van der Waals surface area contributed by atoms with Gasteiger partial charge in [-0.25, -0.2) is 8.42 Å². The number of hydrogen-bond acceptors (Lipinski definition) is 4. The van der Waals surface area contributed by atoms with Gasteiger partial charge in [-0.15, -0.1) is 0 Å². The summed E-state index contributed by atoms with van der Waals surface area (Å²) in [6.07, 6.45) is -3.58. The summed E-state index contributed by atoms with van der Waals surface area (Å²) < 4.78 is 66.6. The van der Waals surface area contributed by atoms with Crippen LogP contribution in [0.3, 0.4) is 0 Å². The van der Waals surface area contributed by atoms with Crippen molar-refractivity contribution in [3.63, 3.8) is 0 Å². The van der Waals surface area contributed by atoms with Gasteiger partial charge in [0.1, 0.15) is 10.6 Å². The van der Waals surface area contributed by atoms with Gasteiger partial charge in [0.2, 0.25) is 0 Å². The normalized spacial score (nSPS) is 11.9. The van der Waals surface area contributed by atoms with Crippen LogP contribution in [0.15, 0.2) is 47.4 Å². The van der Waals surface area contributed by atoms with Crippen LogP contribution in [0.5, 0.6) is 5.75 Å². The Kier molecular flexibility index (Phi) is 5.07. The maximum Gasteiger partial charge on any atom is 0.416 e. The number of methoxy groups -OCH3 is 1. The average Bonchev–Trinajstić information content (AvgIpc) is 2.52. The molecule has 0 aliphatic heterocycles. The molecule has 0 fully saturated rings. The molecule has 5 nitrogen and oxygen atoms in total. The van der Waals surface area contributed by atoms with Gasteiger partial charge in [-0.2, -0.15) is 13.2 Å². The van der Waals surface area contributed by atoms with Crippen molar-refractivity contribution in [3.05, 3.63) is 53.6 Å². The second-order valence-corrected chi connectivity index (χ2v) is 7.15. The van der Waals surface area contributed by atoms with Crippen molar-refractivity contribution in [2.45, 2.75) is 11.1 Å². The molecular formula is C16H14F3NO4S. The first kappa shape index (κ1) is 18.8. The number of alkyl halides is 3. The third-order valence-corrected chi connectivity index (χ3v) is 4.39. The van der Waals surface area contributed by atoms with E-state index in [9.17, 15) is 26.4 Å². The molecule has 134 valence electrons. The maximum atomic E-state index is 12.7. The number of halogens is 3. The number of carbonyl (C=O) groups is 1. The summed E-state index contributed by atoms with van der Waals surface area (Å²) in [7, 11) is -2.37. The summed E-state index contributed by atoms with van der Waals surface area (Å²) in [5.41, 5.74) is -0.993. The van der Waals surface area contributed by atoms with Crippen molar-refractivity contribution >= 4 is 21.4 Å². The molecule has 1 N–H and O–H groups in total. The predicted molar refractivity (Wildman–Crippen MR) is 85.5 cm³/mol. The van der Waals surface area contributed by atoms with Gasteiger partial charge in [-0.1, -0.05) is 6.07 Å². The number of benzene rings is 2. The number of carbonyl (C=O) groups excluding carboxylic acids is 1. The number of hydrogen-bond donors (Lipinski definition) is 1. The Morgan fingerprint density at radius 2 is 1.80 bits per heavy atom. The zero-order valence-electron chi connectivity index (χ0n) is 13.2. The van der Waals surface area contributed by atoms with E-state index in [2.05, 4.69) is 5.32 Å². The van der Waals surface area contributed by atoms with Crippen LogP contribution in [0.4, 0.5) is 18.9 Å². The van der Waals surface area contributed by atoms with E-state index in [4.69, 9.17) is 4.74 Å². The van der Waals surface area contributed by atoms with Gasteiger partial charge in [0, 0.05) is 17.5 Å². The summed E-state index contributed by atoms with van der Waals surface area (Å²) in [4.78, 5) is 12.0. The number of nitrogens with one attached hydrogen (secondary N) is 1. The Hall–Kier alpha value is -2.55. The lowest BCUT2D eigenvalue weighted by Crippen LogP contribution is -2.14. The van der Waals surface area contributed by atoms with Crippen LogP contribution >= 0.6 is 0 Å². The molecule has 0 saturated heterocycles. The zero-order valence-corrected chi connectivity index (χ0v) is 14.0. The van der Waals surface area contributed by atoms with Crippen molar-refractivity contribution in [3.8, 4) is 5.75 Å². The van der Waals surface area contributed by atoms with Crippen LogP contribution in [0.1, 0.15) is 15.9 Å². The van der Waals surface area contributed by atoms with Gasteiger partial charge in [-0.05, 0) is 36.4 Å². The molecule has 2 rings (SSSR count). The van der Waals surface area contributed by atoms with Crippen LogP contribution in [0.25, 0.3) is 0 Å². The van der Waals surface area contributed by atoms with E-state index >= 15 is 0 Å². The Morgan fingerprint density at radius 1 is 1.12 bits per heavy atom. The Labute approximate surface area is 142 Å². The molecule has 9 heteroatoms. The van der Waals surface area contributed by atoms with Crippen LogP contribution < -0.4 is 10.1 Å². The van der Waals surface area contributed by atoms with E-state index in [0.717, 1.165) is 30.5 Å². The lowest BCUT2D eigenvalue weighted by molar-refractivity contribution is -0.137. The highest BCUT2D eigenvalue weighted by Gasteiger charge is 2.30. The fourth-order valence-corrected chi connectivity index (χ4v) is 2.94. The summed E-state index contributed by atoms with van der Waals surface area (Å²) in [5, 5.41) is 2.31. The van der Waals surface area contributed by atoms with Crippen molar-refractivity contribution in [2.24, 2.45) is 0 Å². The Bertz CT molecular complexity index is 908. The van der Waals surface area contributed by atoms with Crippen LogP contribution in [0.2, 0.25) is 0 Å². The number of amides is 1. The first-order valence-electron chi connectivity index (χ1n) is 6.89. The molecule has 0 radical (unpaired) electrons. The van der Waals surface area contributed by atoms with E-state index in [-0.39, 0.29) is 21.9 Å². The zero-order chi connectivity index (χ0) is 18.8. The summed E-state index contributed by atoms with van der Waals surface area (Å²) in [5.74, 6) is -0.676. The lowest BCUT2D eigenvalue weighted by atomic mass is 10.1. The fourth-order valence-electron chi connectivity index (χ4n) is 2.08. The Morgan fingerprint density at radius 3 is 2.36 bits per heavy atom. The van der Waals surface area contributed by atoms with E-state index < -0.39 is 27.5 Å². The monoisotopic (exact) mass is 373 g/mol. The summed E-state index contributed by atoms with van der Waals surface area (Å²) >= 11 is 0. The molecule has 0 atom stereocenters. The minimum absolute atomic E-state index is 0.0290. The molecule has 0 aliphatic rings. The lowest BCUT2D eigenvalue weighted by Gasteiger charge is -2.11. The van der Waals surface area contributed by atoms with Crippen molar-refractivity contribution in [1.82, 2.24) is 0 Å². The molecule has 0 spiro atoms. The van der Waals surface area contributed by atoms with Crippen molar-refractivity contribution in [2.75, 3.05) is 18.7 Å². The first-order valence-corrected chi connectivity index (χ1v) is 8.78. The summed E-state index contributed by atoms with van der Waals surface area (Å²) in [6.45, 7) is 0. The highest BCUT2D eigenvalue weighted by Crippen LogP contribution is 2.31. The number of ether oxygens (including phenoxy) is 1. The average molecular weight is 373 g/mol. The number of sulfone groups is 1. The van der Waals surface area contributed by atoms with Crippen molar-refractivity contribution in [1.29, 1.82) is 0 Å². The molecule has 1 amide bonds. The molecule has 2 aromatic carbocycles. The highest BCUT2D eigenvalue weighted by molar-refractivity contribution is 7.90. The molecule has 0 saturated carbocycles. The third-order valence-electron chi connectivity index (χ3n) is 3.27. The van der Waals surface area contributed by atoms with Gasteiger partial charge in [0.15, 0.2) is 9.84 Å². The fraction of sp³-hybridized carbons (Fsp3) is 0.188. The van der Waals surface area contributed by atoms with Gasteiger partial charge < -0.3 is 10.1 Å². The van der Waals surface area contributed by atoms with Gasteiger partial charge in [0.05, 0.1) is 12.7 Å². The second-order valence-electron chi connectivity index (χ2n) is 5.17. The molecule has 0 heterocycles. The van der Waals surface area contributed by atoms with Crippen LogP contribution in [0, 0.1) is 0 Å². The quantitative estimate of drug-likeness (QED) is 0.892. The topological polar surface area (TPSA) is 72.5 Å². The number of rotatable bonds is 4. The molecule has 25 heavy (non-hydrogen) atoms. The van der Waals surface area contributed by atoms with Gasteiger partial charge >= 0.3 is 6.18 Å². The van der Waals surface area contributed by atoms with E-state index in [1.165, 1.54) is 25.3 Å². The van der Waals surface area contributed by atoms with Crippen molar-refractivity contribution < 1.29 is 31.1 Å². The van der Waals surface area contributed by atoms with E-state index in [1.54, 1.807) is 0 Å². The standard InChI is InChI=1S/C16H14F3NO4S/c1-24-13-7-6-10(8-14(13)25(2,22)23)15(21)20-12-5-3-4-11(9-12)16(17,18)19/h3-9H,1-2H3,(H,20,21). The van der Waals surface area contributed by atoms with Gasteiger partial charge in [-0.3, -0.25) is 4.79 Å². The molecule has 0 aromatic heterocycles. The van der Waals surface area contributed by atoms with E-state index in [1.807, 2.05) is 0 Å². The second kappa shape index (κ2) is 6.75. The highest BCUT2D eigenvalue weighted by atomic mass is 32.2. The molecule has 0 aliphatic carbocycles. The number of anilines is 1. The van der Waals surface area contributed by atoms with Gasteiger partial charge in [0.25, 0.3) is 5.91 Å². The third kappa shape index (κ3) is 4.50. The van der Waals surface area contributed by atoms with E-state index in [0.29, 0.717) is 0 Å². The SMILES string of the molecule is COc1ccc(C(=O)Nc2cccc(C(F)(F)F)c2)cc1S(C)(=O)=O. The minimum Gasteiger partial charge on any atom is -0.495 e. The first-order chi connectivity index (χ1) is 11.5. The molecular weight excluding hydrogens is 359 g/mol. The molecule has 0 bridgehead atoms. The minimum atomic E-state index is -4.54. The Balaban J connectivity index is 2.33. The smallest absolute Gasteiger partial charge is 0.416 e. The maximum absolute atomic E-state index is 12.7. The summed E-state index contributed by atoms with van der Waals surface area (Å²) in [6, 6.07) is 7.86. The van der Waals surface area contributed by atoms with Crippen LogP contribution in [-0.2, 0) is 16.0 Å². The largest absolute Gasteiger partial charge is 0.495 e. The molecule has 2 aromatic rings. The predicted octanol–water partition coefficient (Wildman–Crippen LogP) is 3.37. The molecule has 0 unspecified atom stereocenters. The van der Waals surface area contributed by atoms with Crippen LogP contribution in [-0.4, -0.2) is 27.7 Å².